The van der Waals surface area contributed by atoms with Crippen LogP contribution in [0.25, 0.3) is 0 Å². The van der Waals surface area contributed by atoms with Crippen molar-refractivity contribution >= 4 is 23.3 Å². The Bertz CT molecular complexity index is 719. The monoisotopic (exact) mass is 358 g/mol. The molecule has 0 bridgehead atoms. The van der Waals surface area contributed by atoms with Crippen molar-refractivity contribution in [2.75, 3.05) is 13.6 Å². The first-order chi connectivity index (χ1) is 12.0. The number of carbonyl (C=O) groups excluding carboxylic acids is 2. The van der Waals surface area contributed by atoms with Crippen molar-refractivity contribution in [2.24, 2.45) is 0 Å². The van der Waals surface area contributed by atoms with E-state index in [4.69, 9.17) is 11.6 Å². The van der Waals surface area contributed by atoms with Gasteiger partial charge in [0.2, 0.25) is 5.91 Å². The number of nitrogens with one attached hydrogen (secondary N) is 1. The van der Waals surface area contributed by atoms with E-state index in [9.17, 15) is 9.59 Å². The fourth-order valence-electron chi connectivity index (χ4n) is 2.60. The molecule has 1 atom stereocenters. The van der Waals surface area contributed by atoms with Crippen LogP contribution in [0.15, 0.2) is 54.6 Å². The van der Waals surface area contributed by atoms with Crippen LogP contribution >= 0.6 is 11.6 Å². The molecule has 0 aliphatic heterocycles. The Hall–Kier alpha value is -2.17. The molecule has 1 amide bonds. The predicted octanol–water partition coefficient (Wildman–Crippen LogP) is 3.09. The minimum Gasteiger partial charge on any atom is -0.345 e. The van der Waals surface area contributed by atoms with E-state index in [-0.39, 0.29) is 18.2 Å². The summed E-state index contributed by atoms with van der Waals surface area (Å²) in [4.78, 5) is 26.0. The van der Waals surface area contributed by atoms with Gasteiger partial charge in [0, 0.05) is 11.6 Å². The third-order valence-electron chi connectivity index (χ3n) is 3.92. The highest BCUT2D eigenvalue weighted by molar-refractivity contribution is 6.31. The van der Waals surface area contributed by atoms with Gasteiger partial charge in [-0.25, -0.2) is 0 Å². The van der Waals surface area contributed by atoms with Gasteiger partial charge in [-0.2, -0.15) is 0 Å². The molecule has 0 spiro atoms. The Balaban J connectivity index is 1.90. The summed E-state index contributed by atoms with van der Waals surface area (Å²) in [6.45, 7) is 2.27. The molecule has 0 aromatic heterocycles. The molecule has 0 saturated carbocycles. The van der Waals surface area contributed by atoms with Crippen molar-refractivity contribution in [2.45, 2.75) is 25.9 Å². The molecular weight excluding hydrogens is 336 g/mol. The molecule has 2 rings (SSSR count). The number of likely N-dealkylation sites (N-methyl/N-ethyl adjacent to an activating group) is 1. The second kappa shape index (κ2) is 9.35. The average Bonchev–Trinajstić information content (AvgIpc) is 2.57. The standard InChI is InChI=1S/C20H23ClN2O2/c1-15(24)19(12-16-8-4-3-5-9-16)22-20(25)14-23(2)13-17-10-6-7-11-18(17)21/h3-11,19H,12-14H2,1-2H3,(H,22,25)/t19-/m0/s1. The number of ketones is 1. The lowest BCUT2D eigenvalue weighted by atomic mass is 10.0. The van der Waals surface area contributed by atoms with Crippen molar-refractivity contribution in [1.29, 1.82) is 0 Å². The quantitative estimate of drug-likeness (QED) is 0.789. The van der Waals surface area contributed by atoms with Crippen molar-refractivity contribution < 1.29 is 9.59 Å². The fourth-order valence-corrected chi connectivity index (χ4v) is 2.80. The summed E-state index contributed by atoms with van der Waals surface area (Å²) in [6.07, 6.45) is 0.496. The first kappa shape index (κ1) is 19.2. The molecule has 0 aliphatic rings. The van der Waals surface area contributed by atoms with Gasteiger partial charge in [0.05, 0.1) is 12.6 Å². The summed E-state index contributed by atoms with van der Waals surface area (Å²) in [5.74, 6) is -0.225. The van der Waals surface area contributed by atoms with Gasteiger partial charge in [0.25, 0.3) is 0 Å². The fraction of sp³-hybridized carbons (Fsp3) is 0.300. The average molecular weight is 359 g/mol. The van der Waals surface area contributed by atoms with Crippen LogP contribution in [-0.4, -0.2) is 36.2 Å². The van der Waals surface area contributed by atoms with E-state index >= 15 is 0 Å². The SMILES string of the molecule is CC(=O)[C@H](Cc1ccccc1)NC(=O)CN(C)Cc1ccccc1Cl. The molecule has 2 aromatic carbocycles. The molecule has 0 unspecified atom stereocenters. The highest BCUT2D eigenvalue weighted by atomic mass is 35.5. The predicted molar refractivity (Wildman–Crippen MR) is 101 cm³/mol. The zero-order valence-corrected chi connectivity index (χ0v) is 15.3. The maximum Gasteiger partial charge on any atom is 0.234 e. The molecule has 25 heavy (non-hydrogen) atoms. The number of halogens is 1. The van der Waals surface area contributed by atoms with Gasteiger partial charge in [-0.3, -0.25) is 14.5 Å². The molecule has 4 nitrogen and oxygen atoms in total. The zero-order valence-electron chi connectivity index (χ0n) is 14.5. The van der Waals surface area contributed by atoms with Crippen molar-refractivity contribution in [1.82, 2.24) is 10.2 Å². The number of Topliss-reactive ketones (excluding diaryl/α,β-unsaturated/α-hetero) is 1. The number of rotatable bonds is 8. The second-order valence-electron chi connectivity index (χ2n) is 6.18. The zero-order chi connectivity index (χ0) is 18.2. The number of amides is 1. The van der Waals surface area contributed by atoms with Gasteiger partial charge in [0.15, 0.2) is 5.78 Å². The molecular formula is C20H23ClN2O2. The van der Waals surface area contributed by atoms with Crippen LogP contribution < -0.4 is 5.32 Å². The van der Waals surface area contributed by atoms with Crippen molar-refractivity contribution in [3.8, 4) is 0 Å². The van der Waals surface area contributed by atoms with Crippen molar-refractivity contribution in [3.63, 3.8) is 0 Å². The molecule has 2 aromatic rings. The maximum atomic E-state index is 12.3. The Morgan fingerprint density at radius 2 is 1.72 bits per heavy atom. The number of benzene rings is 2. The van der Waals surface area contributed by atoms with Crippen LogP contribution in [0.5, 0.6) is 0 Å². The largest absolute Gasteiger partial charge is 0.345 e. The lowest BCUT2D eigenvalue weighted by Crippen LogP contribution is -2.45. The van der Waals surface area contributed by atoms with Crippen LogP contribution in [0.2, 0.25) is 5.02 Å². The highest BCUT2D eigenvalue weighted by Gasteiger charge is 2.18. The van der Waals surface area contributed by atoms with E-state index in [1.165, 1.54) is 6.92 Å². The smallest absolute Gasteiger partial charge is 0.234 e. The first-order valence-corrected chi connectivity index (χ1v) is 8.59. The Labute approximate surface area is 153 Å². The van der Waals surface area contributed by atoms with E-state index in [1.807, 2.05) is 66.5 Å². The third kappa shape index (κ3) is 6.33. The van der Waals surface area contributed by atoms with E-state index in [0.717, 1.165) is 11.1 Å². The summed E-state index contributed by atoms with van der Waals surface area (Å²) in [6, 6.07) is 16.7. The molecule has 132 valence electrons. The molecule has 0 heterocycles. The van der Waals surface area contributed by atoms with Crippen LogP contribution in [-0.2, 0) is 22.6 Å². The molecule has 0 radical (unpaired) electrons. The lowest BCUT2D eigenvalue weighted by molar-refractivity contribution is -0.127. The second-order valence-corrected chi connectivity index (χ2v) is 6.59. The van der Waals surface area contributed by atoms with Gasteiger partial charge in [-0.15, -0.1) is 0 Å². The summed E-state index contributed by atoms with van der Waals surface area (Å²) in [5.41, 5.74) is 1.99. The van der Waals surface area contributed by atoms with E-state index in [2.05, 4.69) is 5.32 Å². The van der Waals surface area contributed by atoms with Gasteiger partial charge in [0.1, 0.15) is 0 Å². The van der Waals surface area contributed by atoms with Gasteiger partial charge < -0.3 is 5.32 Å². The van der Waals surface area contributed by atoms with Gasteiger partial charge in [-0.1, -0.05) is 60.1 Å². The van der Waals surface area contributed by atoms with E-state index in [0.29, 0.717) is 18.0 Å². The lowest BCUT2D eigenvalue weighted by Gasteiger charge is -2.20. The van der Waals surface area contributed by atoms with Crippen LogP contribution in [0.1, 0.15) is 18.1 Å². The molecule has 0 aliphatic carbocycles. The Kier molecular flexibility index (Phi) is 7.16. The van der Waals surface area contributed by atoms with Gasteiger partial charge in [-0.05, 0) is 37.6 Å². The van der Waals surface area contributed by atoms with Crippen LogP contribution in [0.4, 0.5) is 0 Å². The normalized spacial score (nSPS) is 12.0. The molecule has 1 N–H and O–H groups in total. The topological polar surface area (TPSA) is 49.4 Å². The maximum absolute atomic E-state index is 12.3. The van der Waals surface area contributed by atoms with Crippen LogP contribution in [0, 0.1) is 0 Å². The number of carbonyl (C=O) groups is 2. The summed E-state index contributed by atoms with van der Waals surface area (Å²) >= 11 is 6.15. The minimum absolute atomic E-state index is 0.0500. The number of hydrogen-bond donors (Lipinski definition) is 1. The minimum atomic E-state index is -0.511. The van der Waals surface area contributed by atoms with Gasteiger partial charge >= 0.3 is 0 Å². The number of hydrogen-bond acceptors (Lipinski definition) is 3. The van der Waals surface area contributed by atoms with E-state index < -0.39 is 6.04 Å². The summed E-state index contributed by atoms with van der Waals surface area (Å²) in [7, 11) is 1.85. The summed E-state index contributed by atoms with van der Waals surface area (Å²) < 4.78 is 0. The third-order valence-corrected chi connectivity index (χ3v) is 4.29. The Morgan fingerprint density at radius 1 is 1.08 bits per heavy atom. The van der Waals surface area contributed by atoms with E-state index in [1.54, 1.807) is 0 Å². The van der Waals surface area contributed by atoms with Crippen molar-refractivity contribution in [3.05, 3.63) is 70.7 Å². The number of nitrogens with zero attached hydrogens (tertiary/aromatic N) is 1. The molecule has 5 heteroatoms. The molecule has 0 fully saturated rings. The highest BCUT2D eigenvalue weighted by Crippen LogP contribution is 2.16. The van der Waals surface area contributed by atoms with Crippen LogP contribution in [0.3, 0.4) is 0 Å². The molecule has 0 saturated heterocycles. The first-order valence-electron chi connectivity index (χ1n) is 8.21. The summed E-state index contributed by atoms with van der Waals surface area (Å²) in [5, 5.41) is 3.51. The Morgan fingerprint density at radius 3 is 2.36 bits per heavy atom.